The van der Waals surface area contributed by atoms with Crippen LogP contribution in [0.3, 0.4) is 0 Å². The molecule has 1 saturated heterocycles. The number of fused-ring (bicyclic) bond motifs is 1. The van der Waals surface area contributed by atoms with E-state index in [0.29, 0.717) is 24.8 Å². The minimum Gasteiger partial charge on any atom is -0.411 e. The van der Waals surface area contributed by atoms with Crippen molar-refractivity contribution >= 4 is 29.5 Å². The molecule has 11 heteroatoms. The van der Waals surface area contributed by atoms with Gasteiger partial charge in [0, 0.05) is 29.8 Å². The predicted molar refractivity (Wildman–Crippen MR) is 111 cm³/mol. The van der Waals surface area contributed by atoms with Crippen molar-refractivity contribution in [1.82, 2.24) is 30.4 Å². The number of aromatic amines is 1. The summed E-state index contributed by atoms with van der Waals surface area (Å²) in [6.45, 7) is 0.717. The molecule has 6 rings (SSSR count). The first kappa shape index (κ1) is 18.3. The molecule has 0 bridgehead atoms. The van der Waals surface area contributed by atoms with E-state index in [-0.39, 0.29) is 18.0 Å². The first-order valence-electron chi connectivity index (χ1n) is 10.8. The number of aromatic nitrogens is 6. The second kappa shape index (κ2) is 7.33. The van der Waals surface area contributed by atoms with Gasteiger partial charge in [-0.1, -0.05) is 5.10 Å². The lowest BCUT2D eigenvalue weighted by Gasteiger charge is -2.24. The molecule has 1 aliphatic heterocycles. The molecule has 160 valence electrons. The number of anilines is 4. The van der Waals surface area contributed by atoms with Gasteiger partial charge in [-0.05, 0) is 44.9 Å². The molecule has 31 heavy (non-hydrogen) atoms. The Morgan fingerprint density at radius 1 is 1.19 bits per heavy atom. The summed E-state index contributed by atoms with van der Waals surface area (Å²) in [6.07, 6.45) is 8.14. The van der Waals surface area contributed by atoms with Crippen molar-refractivity contribution in [3.8, 4) is 0 Å². The fourth-order valence-electron chi connectivity index (χ4n) is 4.47. The third-order valence-corrected chi connectivity index (χ3v) is 6.19. The van der Waals surface area contributed by atoms with Crippen LogP contribution >= 0.6 is 0 Å². The van der Waals surface area contributed by atoms with Gasteiger partial charge in [0.1, 0.15) is 11.9 Å². The first-order valence-corrected chi connectivity index (χ1v) is 10.8. The monoisotopic (exact) mass is 421 g/mol. The number of carbonyl (C=O) groups is 1. The summed E-state index contributed by atoms with van der Waals surface area (Å²) >= 11 is 0. The van der Waals surface area contributed by atoms with Gasteiger partial charge in [-0.2, -0.15) is 10.1 Å². The fraction of sp³-hybridized carbons (Fsp3) is 0.500. The maximum Gasteiger partial charge on any atom is 0.322 e. The molecule has 4 heterocycles. The molecule has 1 amide bonds. The highest BCUT2D eigenvalue weighted by atomic mass is 16.4. The van der Waals surface area contributed by atoms with E-state index in [1.54, 1.807) is 0 Å². The van der Waals surface area contributed by atoms with Gasteiger partial charge in [0.2, 0.25) is 12.3 Å². The SMILES string of the molecule is O=C(Nc1nnco1)[C@H]1CCCN1c1nc2c(c(Nc3cc(C4CC4)[nH]n3)n1)CCC2. The van der Waals surface area contributed by atoms with Crippen LogP contribution in [0.25, 0.3) is 0 Å². The first-order chi connectivity index (χ1) is 15.2. The highest BCUT2D eigenvalue weighted by Crippen LogP contribution is 2.40. The third kappa shape index (κ3) is 3.49. The van der Waals surface area contributed by atoms with E-state index in [1.807, 2.05) is 4.90 Å². The van der Waals surface area contributed by atoms with Crippen LogP contribution in [-0.2, 0) is 17.6 Å². The summed E-state index contributed by atoms with van der Waals surface area (Å²) in [5.41, 5.74) is 3.37. The number of hydrogen-bond acceptors (Lipinski definition) is 9. The summed E-state index contributed by atoms with van der Waals surface area (Å²) in [5.74, 6) is 2.55. The van der Waals surface area contributed by atoms with Gasteiger partial charge in [-0.15, -0.1) is 5.10 Å². The van der Waals surface area contributed by atoms with Gasteiger partial charge < -0.3 is 14.6 Å². The van der Waals surface area contributed by atoms with Crippen LogP contribution in [0, 0.1) is 0 Å². The molecule has 0 radical (unpaired) electrons. The van der Waals surface area contributed by atoms with E-state index in [9.17, 15) is 4.79 Å². The Bertz CT molecular complexity index is 1110. The number of carbonyl (C=O) groups excluding carboxylic acids is 1. The average Bonchev–Trinajstić information content (AvgIpc) is 3.27. The second-order valence-corrected chi connectivity index (χ2v) is 8.34. The van der Waals surface area contributed by atoms with Gasteiger partial charge in [0.15, 0.2) is 5.82 Å². The van der Waals surface area contributed by atoms with Gasteiger partial charge in [-0.25, -0.2) is 4.98 Å². The van der Waals surface area contributed by atoms with Crippen molar-refractivity contribution in [3.05, 3.63) is 29.4 Å². The number of aryl methyl sites for hydroxylation is 1. The standard InChI is InChI=1S/C20H23N9O2/c30-18(25-20-28-21-10-31-20)15-5-2-8-29(15)19-22-13-4-1-3-12(13)17(24-19)23-16-9-14(26-27-16)11-6-7-11/h9-11,15H,1-8H2,(H,25,28,30)(H2,22,23,24,26,27)/t15-/m1/s1. The molecule has 0 aromatic carbocycles. The predicted octanol–water partition coefficient (Wildman–Crippen LogP) is 2.30. The smallest absolute Gasteiger partial charge is 0.322 e. The molecule has 0 unspecified atom stereocenters. The van der Waals surface area contributed by atoms with Gasteiger partial charge in [0.05, 0.1) is 5.69 Å². The van der Waals surface area contributed by atoms with Gasteiger partial charge >= 0.3 is 6.01 Å². The number of amides is 1. The van der Waals surface area contributed by atoms with Crippen LogP contribution < -0.4 is 15.5 Å². The molecular formula is C20H23N9O2. The summed E-state index contributed by atoms with van der Waals surface area (Å²) in [7, 11) is 0. The Balaban J connectivity index is 1.27. The average molecular weight is 421 g/mol. The van der Waals surface area contributed by atoms with E-state index in [2.05, 4.69) is 37.1 Å². The lowest BCUT2D eigenvalue weighted by molar-refractivity contribution is -0.117. The van der Waals surface area contributed by atoms with Crippen molar-refractivity contribution in [2.24, 2.45) is 0 Å². The van der Waals surface area contributed by atoms with E-state index in [0.717, 1.165) is 48.6 Å². The second-order valence-electron chi connectivity index (χ2n) is 8.34. The summed E-state index contributed by atoms with van der Waals surface area (Å²) < 4.78 is 5.05. The molecule has 1 saturated carbocycles. The van der Waals surface area contributed by atoms with Crippen LogP contribution in [0.4, 0.5) is 23.6 Å². The zero-order chi connectivity index (χ0) is 20.8. The number of nitrogens with zero attached hydrogens (tertiary/aromatic N) is 6. The molecule has 1 atom stereocenters. The maximum absolute atomic E-state index is 12.8. The Kier molecular flexibility index (Phi) is 4.32. The molecule has 3 aromatic rings. The third-order valence-electron chi connectivity index (χ3n) is 6.19. The van der Waals surface area contributed by atoms with Crippen LogP contribution in [0.2, 0.25) is 0 Å². The van der Waals surface area contributed by atoms with Crippen molar-refractivity contribution < 1.29 is 9.21 Å². The molecule has 2 aliphatic carbocycles. The van der Waals surface area contributed by atoms with Gasteiger partial charge in [0.25, 0.3) is 5.91 Å². The van der Waals surface area contributed by atoms with Gasteiger partial charge in [-0.3, -0.25) is 15.2 Å². The Hall–Kier alpha value is -3.50. The number of rotatable bonds is 6. The normalized spacial score (nSPS) is 20.1. The lowest BCUT2D eigenvalue weighted by atomic mass is 10.2. The molecule has 3 aliphatic rings. The molecule has 3 N–H and O–H groups in total. The Morgan fingerprint density at radius 3 is 2.97 bits per heavy atom. The van der Waals surface area contributed by atoms with Crippen molar-refractivity contribution in [2.75, 3.05) is 22.1 Å². The van der Waals surface area contributed by atoms with Crippen molar-refractivity contribution in [1.29, 1.82) is 0 Å². The van der Waals surface area contributed by atoms with Crippen LogP contribution in [0.15, 0.2) is 16.9 Å². The largest absolute Gasteiger partial charge is 0.411 e. The zero-order valence-corrected chi connectivity index (χ0v) is 17.0. The lowest BCUT2D eigenvalue weighted by Crippen LogP contribution is -2.40. The molecule has 2 fully saturated rings. The topological polar surface area (TPSA) is 138 Å². The van der Waals surface area contributed by atoms with Crippen LogP contribution in [0.5, 0.6) is 0 Å². The molecule has 3 aromatic heterocycles. The molecule has 0 spiro atoms. The minimum atomic E-state index is -0.383. The van der Waals surface area contributed by atoms with Crippen LogP contribution in [0.1, 0.15) is 55.0 Å². The number of hydrogen-bond donors (Lipinski definition) is 3. The van der Waals surface area contributed by atoms with E-state index < -0.39 is 0 Å². The van der Waals surface area contributed by atoms with E-state index in [1.165, 1.54) is 24.9 Å². The number of nitrogens with one attached hydrogen (secondary N) is 3. The quantitative estimate of drug-likeness (QED) is 0.547. The highest BCUT2D eigenvalue weighted by molar-refractivity contribution is 5.95. The molecule has 11 nitrogen and oxygen atoms in total. The van der Waals surface area contributed by atoms with Crippen molar-refractivity contribution in [3.63, 3.8) is 0 Å². The molecular weight excluding hydrogens is 398 g/mol. The fourth-order valence-corrected chi connectivity index (χ4v) is 4.47. The summed E-state index contributed by atoms with van der Waals surface area (Å²) in [5, 5.41) is 21.0. The van der Waals surface area contributed by atoms with E-state index >= 15 is 0 Å². The van der Waals surface area contributed by atoms with Crippen molar-refractivity contribution in [2.45, 2.75) is 56.9 Å². The van der Waals surface area contributed by atoms with E-state index in [4.69, 9.17) is 14.4 Å². The maximum atomic E-state index is 12.8. The summed E-state index contributed by atoms with van der Waals surface area (Å²) in [6, 6.07) is 1.78. The Morgan fingerprint density at radius 2 is 2.13 bits per heavy atom. The number of H-pyrrole nitrogens is 1. The minimum absolute atomic E-state index is 0.0964. The Labute approximate surface area is 178 Å². The zero-order valence-electron chi connectivity index (χ0n) is 17.0. The highest BCUT2D eigenvalue weighted by Gasteiger charge is 2.34. The summed E-state index contributed by atoms with van der Waals surface area (Å²) in [4.78, 5) is 24.4. The van der Waals surface area contributed by atoms with Crippen LogP contribution in [-0.4, -0.2) is 48.9 Å².